The largest absolute Gasteiger partial charge is 0.459 e. The number of alkyl halides is 3. The highest BCUT2D eigenvalue weighted by atomic mass is 19.4. The van der Waals surface area contributed by atoms with Crippen molar-refractivity contribution in [1.29, 1.82) is 0 Å². The summed E-state index contributed by atoms with van der Waals surface area (Å²) in [6.07, 6.45) is -4.86. The highest BCUT2D eigenvalue weighted by molar-refractivity contribution is 5.42. The van der Waals surface area contributed by atoms with Crippen LogP contribution in [0.15, 0.2) is 56.3 Å². The minimum Gasteiger partial charge on any atom is -0.459 e. The van der Waals surface area contributed by atoms with Crippen LogP contribution in [0.5, 0.6) is 0 Å². The Hall–Kier alpha value is -2.81. The Morgan fingerprint density at radius 3 is 2.62 bits per heavy atom. The molecule has 0 aliphatic carbocycles. The van der Waals surface area contributed by atoms with Crippen molar-refractivity contribution in [2.75, 3.05) is 0 Å². The van der Waals surface area contributed by atoms with Gasteiger partial charge in [-0.1, -0.05) is 18.2 Å². The van der Waals surface area contributed by atoms with Crippen LogP contribution >= 0.6 is 0 Å². The predicted molar refractivity (Wildman–Crippen MR) is 74.9 cm³/mol. The molecule has 0 spiro atoms. The van der Waals surface area contributed by atoms with Gasteiger partial charge in [0.05, 0.1) is 24.5 Å². The molecule has 0 fully saturated rings. The predicted octanol–water partition coefficient (Wildman–Crippen LogP) is 2.85. The van der Waals surface area contributed by atoms with Crippen molar-refractivity contribution in [3.63, 3.8) is 0 Å². The van der Waals surface area contributed by atoms with Crippen LogP contribution in [0.1, 0.15) is 17.2 Å². The van der Waals surface area contributed by atoms with Crippen molar-refractivity contribution in [1.82, 2.24) is 9.78 Å². The van der Waals surface area contributed by atoms with Gasteiger partial charge in [0.15, 0.2) is 5.76 Å². The number of aliphatic hydroxyl groups is 1. The molecular weight excluding hydrogens is 329 g/mol. The van der Waals surface area contributed by atoms with Crippen LogP contribution in [0, 0.1) is 0 Å². The van der Waals surface area contributed by atoms with E-state index in [4.69, 9.17) is 8.83 Å². The van der Waals surface area contributed by atoms with Gasteiger partial charge in [-0.25, -0.2) is 4.79 Å². The minimum absolute atomic E-state index is 0.124. The van der Waals surface area contributed by atoms with Gasteiger partial charge >= 0.3 is 11.9 Å². The van der Waals surface area contributed by atoms with Gasteiger partial charge in [0.2, 0.25) is 0 Å². The van der Waals surface area contributed by atoms with E-state index in [1.54, 1.807) is 6.07 Å². The third-order valence-electron chi connectivity index (χ3n) is 3.31. The van der Waals surface area contributed by atoms with Crippen LogP contribution in [-0.4, -0.2) is 14.9 Å². The second-order valence-electron chi connectivity index (χ2n) is 4.93. The SMILES string of the molecule is O=c1oc(-c2ccco2)nn1C[C@H](O)c1ccccc1C(F)(F)F. The number of nitrogens with zero attached hydrogens (tertiary/aromatic N) is 2. The molecule has 6 nitrogen and oxygen atoms in total. The Morgan fingerprint density at radius 1 is 1.21 bits per heavy atom. The summed E-state index contributed by atoms with van der Waals surface area (Å²) >= 11 is 0. The Labute approximate surface area is 132 Å². The smallest absolute Gasteiger partial charge is 0.437 e. The quantitative estimate of drug-likeness (QED) is 0.790. The van der Waals surface area contributed by atoms with E-state index < -0.39 is 30.1 Å². The lowest BCUT2D eigenvalue weighted by atomic mass is 10.0. The molecule has 1 atom stereocenters. The van der Waals surface area contributed by atoms with Gasteiger partial charge in [0.25, 0.3) is 5.89 Å². The van der Waals surface area contributed by atoms with E-state index in [1.807, 2.05) is 0 Å². The van der Waals surface area contributed by atoms with E-state index in [1.165, 1.54) is 24.5 Å². The highest BCUT2D eigenvalue weighted by Gasteiger charge is 2.34. The topological polar surface area (TPSA) is 81.4 Å². The fraction of sp³-hybridized carbons (Fsp3) is 0.200. The first-order valence-corrected chi connectivity index (χ1v) is 6.82. The molecule has 0 aliphatic rings. The molecule has 0 bridgehead atoms. The molecule has 24 heavy (non-hydrogen) atoms. The first kappa shape index (κ1) is 16.1. The fourth-order valence-corrected chi connectivity index (χ4v) is 2.23. The summed E-state index contributed by atoms with van der Waals surface area (Å²) in [5.74, 6) is -0.845. The minimum atomic E-state index is -4.62. The van der Waals surface area contributed by atoms with Crippen molar-refractivity contribution in [3.05, 3.63) is 64.3 Å². The first-order valence-electron chi connectivity index (χ1n) is 6.82. The molecule has 3 rings (SSSR count). The second kappa shape index (κ2) is 6.00. The monoisotopic (exact) mass is 340 g/mol. The maximum atomic E-state index is 13.0. The zero-order chi connectivity index (χ0) is 17.3. The third-order valence-corrected chi connectivity index (χ3v) is 3.31. The second-order valence-corrected chi connectivity index (χ2v) is 4.93. The van der Waals surface area contributed by atoms with E-state index in [2.05, 4.69) is 5.10 Å². The summed E-state index contributed by atoms with van der Waals surface area (Å²) in [7, 11) is 0. The molecule has 0 amide bonds. The van der Waals surface area contributed by atoms with E-state index in [9.17, 15) is 23.1 Å². The molecule has 1 aromatic carbocycles. The molecule has 0 unspecified atom stereocenters. The number of halogens is 3. The maximum Gasteiger partial charge on any atom is 0.437 e. The number of aliphatic hydroxyl groups excluding tert-OH is 1. The van der Waals surface area contributed by atoms with Gasteiger partial charge in [-0.15, -0.1) is 5.10 Å². The molecule has 2 heterocycles. The van der Waals surface area contributed by atoms with Gasteiger partial charge in [0, 0.05) is 0 Å². The molecule has 0 saturated carbocycles. The maximum absolute atomic E-state index is 13.0. The number of rotatable bonds is 4. The molecule has 126 valence electrons. The van der Waals surface area contributed by atoms with E-state index in [-0.39, 0.29) is 17.2 Å². The van der Waals surface area contributed by atoms with Crippen LogP contribution in [0.2, 0.25) is 0 Å². The summed E-state index contributed by atoms with van der Waals surface area (Å²) in [5.41, 5.74) is -1.32. The first-order chi connectivity index (χ1) is 11.4. The van der Waals surface area contributed by atoms with Crippen LogP contribution < -0.4 is 5.76 Å². The highest BCUT2D eigenvalue weighted by Crippen LogP contribution is 2.34. The van der Waals surface area contributed by atoms with Gasteiger partial charge in [-0.2, -0.15) is 17.9 Å². The lowest BCUT2D eigenvalue weighted by molar-refractivity contribution is -0.139. The summed E-state index contributed by atoms with van der Waals surface area (Å²) in [6.45, 7) is -0.490. The van der Waals surface area contributed by atoms with Crippen molar-refractivity contribution >= 4 is 0 Å². The number of benzene rings is 1. The van der Waals surface area contributed by atoms with Crippen LogP contribution in [0.3, 0.4) is 0 Å². The Morgan fingerprint density at radius 2 is 1.96 bits per heavy atom. The van der Waals surface area contributed by atoms with Crippen LogP contribution in [0.4, 0.5) is 13.2 Å². The molecule has 0 radical (unpaired) electrons. The van der Waals surface area contributed by atoms with Gasteiger partial charge < -0.3 is 13.9 Å². The molecule has 1 N–H and O–H groups in total. The van der Waals surface area contributed by atoms with Crippen molar-refractivity contribution in [3.8, 4) is 11.7 Å². The zero-order valence-corrected chi connectivity index (χ0v) is 12.0. The summed E-state index contributed by atoms with van der Waals surface area (Å²) in [6, 6.07) is 7.65. The molecule has 2 aromatic heterocycles. The van der Waals surface area contributed by atoms with Crippen molar-refractivity contribution in [2.24, 2.45) is 0 Å². The lowest BCUT2D eigenvalue weighted by Crippen LogP contribution is -2.22. The number of aromatic nitrogens is 2. The molecule has 3 aromatic rings. The molecule has 0 aliphatic heterocycles. The van der Waals surface area contributed by atoms with Gasteiger partial charge in [-0.05, 0) is 23.8 Å². The van der Waals surface area contributed by atoms with E-state index in [0.717, 1.165) is 16.8 Å². The molecule has 9 heteroatoms. The van der Waals surface area contributed by atoms with E-state index >= 15 is 0 Å². The summed E-state index contributed by atoms with van der Waals surface area (Å²) < 4.78 is 49.6. The van der Waals surface area contributed by atoms with Crippen molar-refractivity contribution < 1.29 is 27.1 Å². The van der Waals surface area contributed by atoms with Crippen LogP contribution in [0.25, 0.3) is 11.7 Å². The summed E-state index contributed by atoms with van der Waals surface area (Å²) in [5, 5.41) is 13.9. The normalized spacial score (nSPS) is 13.2. The Bertz CT molecular complexity index is 881. The molecular formula is C15H11F3N2O4. The number of hydrogen-bond acceptors (Lipinski definition) is 5. The fourth-order valence-electron chi connectivity index (χ4n) is 2.23. The third kappa shape index (κ3) is 3.11. The van der Waals surface area contributed by atoms with Gasteiger partial charge in [-0.3, -0.25) is 0 Å². The van der Waals surface area contributed by atoms with Crippen LogP contribution in [-0.2, 0) is 12.7 Å². The average molecular weight is 340 g/mol. The van der Waals surface area contributed by atoms with E-state index in [0.29, 0.717) is 0 Å². The standard InChI is InChI=1S/C15H11F3N2O4/c16-15(17,18)10-5-2-1-4-9(10)11(21)8-20-14(22)24-13(19-20)12-6-3-7-23-12/h1-7,11,21H,8H2/t11-/m0/s1. The number of furan rings is 1. The average Bonchev–Trinajstić information content (AvgIpc) is 3.17. The Kier molecular flexibility index (Phi) is 4.02. The Balaban J connectivity index is 1.89. The molecule has 0 saturated heterocycles. The lowest BCUT2D eigenvalue weighted by Gasteiger charge is -2.16. The van der Waals surface area contributed by atoms with Gasteiger partial charge in [0.1, 0.15) is 0 Å². The van der Waals surface area contributed by atoms with Crippen molar-refractivity contribution in [2.45, 2.75) is 18.8 Å². The zero-order valence-electron chi connectivity index (χ0n) is 12.0. The summed E-state index contributed by atoms with van der Waals surface area (Å²) in [4.78, 5) is 11.7. The number of hydrogen-bond donors (Lipinski definition) is 1.